The molecule has 0 radical (unpaired) electrons. The van der Waals surface area contributed by atoms with E-state index in [9.17, 15) is 4.79 Å². The predicted molar refractivity (Wildman–Crippen MR) is 76.8 cm³/mol. The molecule has 1 aromatic heterocycles. The van der Waals surface area contributed by atoms with Crippen molar-refractivity contribution in [3.05, 3.63) is 30.1 Å². The summed E-state index contributed by atoms with van der Waals surface area (Å²) in [4.78, 5) is 15.7. The zero-order valence-corrected chi connectivity index (χ0v) is 11.6. The molecule has 1 heterocycles. The van der Waals surface area contributed by atoms with Crippen LogP contribution in [0.25, 0.3) is 0 Å². The third-order valence-corrected chi connectivity index (χ3v) is 3.95. The number of nitrogens with one attached hydrogen (secondary N) is 1. The van der Waals surface area contributed by atoms with E-state index in [1.807, 2.05) is 18.3 Å². The average molecular weight is 260 g/mol. The fourth-order valence-electron chi connectivity index (χ4n) is 2.81. The number of nitrogens with zero attached hydrogens (tertiary/aromatic N) is 1. The molecule has 1 aliphatic rings. The molecular weight excluding hydrogens is 236 g/mol. The van der Waals surface area contributed by atoms with Crippen LogP contribution in [0.3, 0.4) is 0 Å². The summed E-state index contributed by atoms with van der Waals surface area (Å²) in [6.45, 7) is 0.836. The topological polar surface area (TPSA) is 42.0 Å². The Labute approximate surface area is 115 Å². The SMILES string of the molecule is O=C(CCc1cccnc1)NCCCC1CCCC1. The number of hydrogen-bond acceptors (Lipinski definition) is 2. The van der Waals surface area contributed by atoms with Crippen molar-refractivity contribution in [3.63, 3.8) is 0 Å². The second kappa shape index (κ2) is 7.93. The lowest BCUT2D eigenvalue weighted by atomic mass is 10.0. The zero-order valence-electron chi connectivity index (χ0n) is 11.6. The summed E-state index contributed by atoms with van der Waals surface area (Å²) in [5, 5.41) is 3.02. The Bertz CT molecular complexity index is 372. The second-order valence-corrected chi connectivity index (χ2v) is 5.50. The molecule has 2 rings (SSSR count). The van der Waals surface area contributed by atoms with Crippen LogP contribution < -0.4 is 5.32 Å². The number of aryl methyl sites for hydroxylation is 1. The lowest BCUT2D eigenvalue weighted by Crippen LogP contribution is -2.24. The van der Waals surface area contributed by atoms with Crippen LogP contribution in [0.1, 0.15) is 50.5 Å². The van der Waals surface area contributed by atoms with Crippen LogP contribution >= 0.6 is 0 Å². The number of pyridine rings is 1. The minimum atomic E-state index is 0.162. The van der Waals surface area contributed by atoms with E-state index in [0.717, 1.165) is 30.9 Å². The molecule has 1 fully saturated rings. The Morgan fingerprint density at radius 2 is 2.21 bits per heavy atom. The number of rotatable bonds is 7. The molecule has 0 atom stereocenters. The van der Waals surface area contributed by atoms with Gasteiger partial charge in [0.1, 0.15) is 0 Å². The lowest BCUT2D eigenvalue weighted by Gasteiger charge is -2.09. The summed E-state index contributed by atoms with van der Waals surface area (Å²) >= 11 is 0. The van der Waals surface area contributed by atoms with Gasteiger partial charge in [0.25, 0.3) is 0 Å². The summed E-state index contributed by atoms with van der Waals surface area (Å²) < 4.78 is 0. The smallest absolute Gasteiger partial charge is 0.220 e. The van der Waals surface area contributed by atoms with E-state index in [0.29, 0.717) is 6.42 Å². The Balaban J connectivity index is 1.52. The third kappa shape index (κ3) is 5.41. The molecular formula is C16H24N2O. The van der Waals surface area contributed by atoms with E-state index in [1.54, 1.807) is 6.20 Å². The predicted octanol–water partition coefficient (Wildman–Crippen LogP) is 3.10. The van der Waals surface area contributed by atoms with Gasteiger partial charge >= 0.3 is 0 Å². The highest BCUT2D eigenvalue weighted by molar-refractivity contribution is 5.76. The van der Waals surface area contributed by atoms with Gasteiger partial charge < -0.3 is 5.32 Å². The molecule has 19 heavy (non-hydrogen) atoms. The van der Waals surface area contributed by atoms with Crippen LogP contribution in [0.4, 0.5) is 0 Å². The summed E-state index contributed by atoms with van der Waals surface area (Å²) in [5.74, 6) is 1.09. The Kier molecular flexibility index (Phi) is 5.86. The molecule has 1 saturated carbocycles. The van der Waals surface area contributed by atoms with Crippen LogP contribution in [0.5, 0.6) is 0 Å². The van der Waals surface area contributed by atoms with Gasteiger partial charge in [-0.3, -0.25) is 9.78 Å². The molecule has 0 aromatic carbocycles. The Morgan fingerprint density at radius 1 is 1.37 bits per heavy atom. The van der Waals surface area contributed by atoms with Gasteiger partial charge in [0.05, 0.1) is 0 Å². The molecule has 0 spiro atoms. The van der Waals surface area contributed by atoms with E-state index in [2.05, 4.69) is 10.3 Å². The standard InChI is InChI=1S/C16H24N2O/c19-16(10-9-15-8-3-11-17-13-15)18-12-4-7-14-5-1-2-6-14/h3,8,11,13-14H,1-2,4-7,9-10,12H2,(H,18,19). The molecule has 0 saturated heterocycles. The molecule has 0 bridgehead atoms. The first-order valence-corrected chi connectivity index (χ1v) is 7.50. The van der Waals surface area contributed by atoms with E-state index in [4.69, 9.17) is 0 Å². The monoisotopic (exact) mass is 260 g/mol. The largest absolute Gasteiger partial charge is 0.356 e. The summed E-state index contributed by atoms with van der Waals surface area (Å²) in [7, 11) is 0. The van der Waals surface area contributed by atoms with Crippen molar-refractivity contribution in [3.8, 4) is 0 Å². The maximum absolute atomic E-state index is 11.7. The molecule has 1 aromatic rings. The third-order valence-electron chi connectivity index (χ3n) is 3.95. The minimum absolute atomic E-state index is 0.162. The second-order valence-electron chi connectivity index (χ2n) is 5.50. The van der Waals surface area contributed by atoms with Crippen molar-refractivity contribution in [2.45, 2.75) is 51.4 Å². The fourth-order valence-corrected chi connectivity index (χ4v) is 2.81. The number of hydrogen-bond donors (Lipinski definition) is 1. The van der Waals surface area contributed by atoms with Gasteiger partial charge in [0.2, 0.25) is 5.91 Å². The van der Waals surface area contributed by atoms with Gasteiger partial charge in [-0.1, -0.05) is 31.7 Å². The first kappa shape index (κ1) is 14.0. The van der Waals surface area contributed by atoms with Crippen molar-refractivity contribution in [2.75, 3.05) is 6.54 Å². The van der Waals surface area contributed by atoms with Crippen molar-refractivity contribution in [2.24, 2.45) is 5.92 Å². The maximum atomic E-state index is 11.7. The van der Waals surface area contributed by atoms with Gasteiger partial charge in [-0.05, 0) is 36.8 Å². The van der Waals surface area contributed by atoms with Crippen LogP contribution in [0.2, 0.25) is 0 Å². The van der Waals surface area contributed by atoms with Gasteiger partial charge in [-0.2, -0.15) is 0 Å². The van der Waals surface area contributed by atoms with E-state index in [1.165, 1.54) is 32.1 Å². The molecule has 0 aliphatic heterocycles. The fraction of sp³-hybridized carbons (Fsp3) is 0.625. The lowest BCUT2D eigenvalue weighted by molar-refractivity contribution is -0.121. The molecule has 1 N–H and O–H groups in total. The maximum Gasteiger partial charge on any atom is 0.220 e. The van der Waals surface area contributed by atoms with Crippen LogP contribution in [-0.4, -0.2) is 17.4 Å². The highest BCUT2D eigenvalue weighted by Gasteiger charge is 2.14. The van der Waals surface area contributed by atoms with E-state index < -0.39 is 0 Å². The first-order chi connectivity index (χ1) is 9.34. The van der Waals surface area contributed by atoms with Crippen molar-refractivity contribution >= 4 is 5.91 Å². The summed E-state index contributed by atoms with van der Waals surface area (Å²) in [6, 6.07) is 3.93. The Hall–Kier alpha value is -1.38. The highest BCUT2D eigenvalue weighted by Crippen LogP contribution is 2.28. The van der Waals surface area contributed by atoms with Crippen molar-refractivity contribution in [1.29, 1.82) is 0 Å². The molecule has 1 amide bonds. The van der Waals surface area contributed by atoms with Crippen LogP contribution in [0.15, 0.2) is 24.5 Å². The number of carbonyl (C=O) groups excluding carboxylic acids is 1. The van der Waals surface area contributed by atoms with Gasteiger partial charge in [0, 0.05) is 25.4 Å². The quantitative estimate of drug-likeness (QED) is 0.765. The van der Waals surface area contributed by atoms with Gasteiger partial charge in [-0.15, -0.1) is 0 Å². The van der Waals surface area contributed by atoms with E-state index >= 15 is 0 Å². The van der Waals surface area contributed by atoms with Gasteiger partial charge in [-0.25, -0.2) is 0 Å². The molecule has 3 nitrogen and oxygen atoms in total. The molecule has 1 aliphatic carbocycles. The highest BCUT2D eigenvalue weighted by atomic mass is 16.1. The number of carbonyl (C=O) groups is 1. The molecule has 0 unspecified atom stereocenters. The Morgan fingerprint density at radius 3 is 2.95 bits per heavy atom. The summed E-state index contributed by atoms with van der Waals surface area (Å²) in [6.07, 6.45) is 12.9. The number of amides is 1. The van der Waals surface area contributed by atoms with Crippen molar-refractivity contribution in [1.82, 2.24) is 10.3 Å². The zero-order chi connectivity index (χ0) is 13.3. The van der Waals surface area contributed by atoms with Gasteiger partial charge in [0.15, 0.2) is 0 Å². The van der Waals surface area contributed by atoms with Crippen LogP contribution in [0, 0.1) is 5.92 Å². The normalized spacial score (nSPS) is 15.6. The summed E-state index contributed by atoms with van der Waals surface area (Å²) in [5.41, 5.74) is 1.13. The molecule has 3 heteroatoms. The van der Waals surface area contributed by atoms with Crippen molar-refractivity contribution < 1.29 is 4.79 Å². The van der Waals surface area contributed by atoms with Crippen LogP contribution in [-0.2, 0) is 11.2 Å². The molecule has 104 valence electrons. The minimum Gasteiger partial charge on any atom is -0.356 e. The average Bonchev–Trinajstić information content (AvgIpc) is 2.96. The number of aromatic nitrogens is 1. The van der Waals surface area contributed by atoms with E-state index in [-0.39, 0.29) is 5.91 Å². The first-order valence-electron chi connectivity index (χ1n) is 7.50.